The van der Waals surface area contributed by atoms with E-state index in [4.69, 9.17) is 0 Å². The first kappa shape index (κ1) is 11.5. The molecule has 0 bridgehead atoms. The van der Waals surface area contributed by atoms with Gasteiger partial charge in [-0.2, -0.15) is 0 Å². The van der Waals surface area contributed by atoms with E-state index >= 15 is 0 Å². The molecule has 1 aliphatic rings. The van der Waals surface area contributed by atoms with Crippen LogP contribution in [0.2, 0.25) is 0 Å². The molecule has 16 heavy (non-hydrogen) atoms. The van der Waals surface area contributed by atoms with E-state index in [1.165, 1.54) is 0 Å². The number of hydrogen-bond donors (Lipinski definition) is 2. The fourth-order valence-electron chi connectivity index (χ4n) is 1.76. The van der Waals surface area contributed by atoms with Gasteiger partial charge in [0.25, 0.3) is 0 Å². The molecule has 0 heterocycles. The van der Waals surface area contributed by atoms with Gasteiger partial charge in [-0.05, 0) is 24.1 Å². The van der Waals surface area contributed by atoms with Crippen LogP contribution in [-0.2, 0) is 16.4 Å². The topological polar surface area (TPSA) is 63.2 Å². The van der Waals surface area contributed by atoms with Crippen molar-refractivity contribution in [3.8, 4) is 0 Å². The lowest BCUT2D eigenvalue weighted by Gasteiger charge is -2.09. The van der Waals surface area contributed by atoms with E-state index in [0.29, 0.717) is 29.0 Å². The van der Waals surface area contributed by atoms with E-state index in [9.17, 15) is 13.2 Å². The highest BCUT2D eigenvalue weighted by molar-refractivity contribution is 7.92. The van der Waals surface area contributed by atoms with E-state index in [2.05, 4.69) is 17.4 Å². The van der Waals surface area contributed by atoms with Crippen LogP contribution in [0.3, 0.4) is 0 Å². The third-order valence-electron chi connectivity index (χ3n) is 2.44. The zero-order valence-corrected chi connectivity index (χ0v) is 10.4. The Hall–Kier alpha value is -1.01. The largest absolute Gasteiger partial charge is 0.294 e. The van der Waals surface area contributed by atoms with Gasteiger partial charge in [0, 0.05) is 16.9 Å². The molecule has 0 unspecified atom stereocenters. The van der Waals surface area contributed by atoms with Crippen LogP contribution < -0.4 is 4.72 Å². The SMILES string of the molecule is CS(=O)(=O)Nc1cc2c(cc1S)C(=O)CC2. The summed E-state index contributed by atoms with van der Waals surface area (Å²) in [6.07, 6.45) is 2.24. The summed E-state index contributed by atoms with van der Waals surface area (Å²) in [6, 6.07) is 3.31. The first-order valence-electron chi connectivity index (χ1n) is 4.74. The summed E-state index contributed by atoms with van der Waals surface area (Å²) in [4.78, 5) is 11.9. The van der Waals surface area contributed by atoms with Crippen LogP contribution >= 0.6 is 12.6 Å². The van der Waals surface area contributed by atoms with E-state index in [1.54, 1.807) is 12.1 Å². The Morgan fingerprint density at radius 2 is 2.00 bits per heavy atom. The van der Waals surface area contributed by atoms with Crippen molar-refractivity contribution in [2.24, 2.45) is 0 Å². The zero-order valence-electron chi connectivity index (χ0n) is 8.65. The van der Waals surface area contributed by atoms with E-state index in [-0.39, 0.29) is 5.78 Å². The molecule has 0 spiro atoms. The first-order chi connectivity index (χ1) is 7.37. The molecule has 0 aliphatic heterocycles. The Morgan fingerprint density at radius 1 is 1.31 bits per heavy atom. The molecule has 0 fully saturated rings. The van der Waals surface area contributed by atoms with Crippen LogP contribution in [0.15, 0.2) is 17.0 Å². The Bertz CT molecular complexity index is 564. The number of hydrogen-bond acceptors (Lipinski definition) is 4. The van der Waals surface area contributed by atoms with Crippen molar-refractivity contribution in [1.29, 1.82) is 0 Å². The number of carbonyl (C=O) groups excluding carboxylic acids is 1. The number of ketones is 1. The van der Waals surface area contributed by atoms with Crippen molar-refractivity contribution >= 4 is 34.1 Å². The van der Waals surface area contributed by atoms with Gasteiger partial charge in [0.15, 0.2) is 5.78 Å². The molecular formula is C10H11NO3S2. The highest BCUT2D eigenvalue weighted by Crippen LogP contribution is 2.30. The van der Waals surface area contributed by atoms with Crippen molar-refractivity contribution in [3.63, 3.8) is 0 Å². The lowest BCUT2D eigenvalue weighted by Crippen LogP contribution is -2.10. The van der Waals surface area contributed by atoms with Gasteiger partial charge in [0.1, 0.15) is 0 Å². The average Bonchev–Trinajstić information content (AvgIpc) is 2.47. The Kier molecular flexibility index (Phi) is 2.71. The second-order valence-electron chi connectivity index (χ2n) is 3.82. The normalized spacial score (nSPS) is 15.0. The van der Waals surface area contributed by atoms with Crippen molar-refractivity contribution in [1.82, 2.24) is 0 Å². The second-order valence-corrected chi connectivity index (χ2v) is 6.05. The monoisotopic (exact) mass is 257 g/mol. The number of Topliss-reactive ketones (excluding diaryl/α,β-unsaturated/α-hetero) is 1. The van der Waals surface area contributed by atoms with Crippen molar-refractivity contribution in [2.75, 3.05) is 11.0 Å². The molecule has 6 heteroatoms. The van der Waals surface area contributed by atoms with Gasteiger partial charge in [-0.25, -0.2) is 8.42 Å². The molecular weight excluding hydrogens is 246 g/mol. The van der Waals surface area contributed by atoms with Crippen LogP contribution in [0, 0.1) is 0 Å². The fraction of sp³-hybridized carbons (Fsp3) is 0.300. The number of carbonyl (C=O) groups is 1. The molecule has 1 aromatic rings. The molecule has 0 saturated carbocycles. The summed E-state index contributed by atoms with van der Waals surface area (Å²) in [5.74, 6) is 0.0937. The van der Waals surface area contributed by atoms with Crippen LogP contribution in [0.25, 0.3) is 0 Å². The smallest absolute Gasteiger partial charge is 0.229 e. The third-order valence-corrected chi connectivity index (χ3v) is 3.40. The average molecular weight is 257 g/mol. The molecule has 0 amide bonds. The van der Waals surface area contributed by atoms with Gasteiger partial charge in [-0.1, -0.05) is 0 Å². The maximum Gasteiger partial charge on any atom is 0.229 e. The van der Waals surface area contributed by atoms with Crippen LogP contribution in [0.1, 0.15) is 22.3 Å². The highest BCUT2D eigenvalue weighted by Gasteiger charge is 2.21. The van der Waals surface area contributed by atoms with Crippen LogP contribution in [0.5, 0.6) is 0 Å². The lowest BCUT2D eigenvalue weighted by molar-refractivity contribution is 0.0994. The lowest BCUT2D eigenvalue weighted by atomic mass is 10.1. The number of nitrogens with one attached hydrogen (secondary N) is 1. The standard InChI is InChI=1S/C10H11NO3S2/c1-16(13,14)11-8-4-6-2-3-9(12)7(6)5-10(8)15/h4-5,11,15H,2-3H2,1H3. The van der Waals surface area contributed by atoms with Crippen molar-refractivity contribution in [3.05, 3.63) is 23.3 Å². The maximum absolute atomic E-state index is 11.4. The predicted molar refractivity (Wildman–Crippen MR) is 64.8 cm³/mol. The van der Waals surface area contributed by atoms with Gasteiger partial charge in [-0.3, -0.25) is 9.52 Å². The van der Waals surface area contributed by atoms with Gasteiger partial charge >= 0.3 is 0 Å². The number of thiol groups is 1. The highest BCUT2D eigenvalue weighted by atomic mass is 32.2. The van der Waals surface area contributed by atoms with E-state index in [1.807, 2.05) is 0 Å². The molecule has 0 saturated heterocycles. The Morgan fingerprint density at radius 3 is 2.62 bits per heavy atom. The van der Waals surface area contributed by atoms with Gasteiger partial charge in [-0.15, -0.1) is 12.6 Å². The van der Waals surface area contributed by atoms with Crippen molar-refractivity contribution in [2.45, 2.75) is 17.7 Å². The van der Waals surface area contributed by atoms with E-state index < -0.39 is 10.0 Å². The Labute approximate surface area is 99.5 Å². The minimum Gasteiger partial charge on any atom is -0.294 e. The van der Waals surface area contributed by atoms with Crippen molar-refractivity contribution < 1.29 is 13.2 Å². The minimum absolute atomic E-state index is 0.0937. The second kappa shape index (κ2) is 3.78. The number of fused-ring (bicyclic) bond motifs is 1. The number of benzene rings is 1. The molecule has 1 aromatic carbocycles. The summed E-state index contributed by atoms with van der Waals surface area (Å²) >= 11 is 4.17. The van der Waals surface area contributed by atoms with Crippen LogP contribution in [-0.4, -0.2) is 20.5 Å². The predicted octanol–water partition coefficient (Wildman–Crippen LogP) is 1.48. The fourth-order valence-corrected chi connectivity index (χ4v) is 2.66. The van der Waals surface area contributed by atoms with Gasteiger partial charge in [0.05, 0.1) is 11.9 Å². The molecule has 1 aliphatic carbocycles. The number of rotatable bonds is 2. The number of anilines is 1. The summed E-state index contributed by atoms with van der Waals surface area (Å²) in [6.45, 7) is 0. The first-order valence-corrected chi connectivity index (χ1v) is 7.07. The molecule has 2 rings (SSSR count). The zero-order chi connectivity index (χ0) is 11.9. The summed E-state index contributed by atoms with van der Waals surface area (Å²) < 4.78 is 24.6. The summed E-state index contributed by atoms with van der Waals surface area (Å²) in [5, 5.41) is 0. The molecule has 0 atom stereocenters. The van der Waals surface area contributed by atoms with Crippen LogP contribution in [0.4, 0.5) is 5.69 Å². The van der Waals surface area contributed by atoms with Gasteiger partial charge in [0.2, 0.25) is 10.0 Å². The van der Waals surface area contributed by atoms with E-state index in [0.717, 1.165) is 11.8 Å². The van der Waals surface area contributed by atoms with Gasteiger partial charge < -0.3 is 0 Å². The number of sulfonamides is 1. The third kappa shape index (κ3) is 2.22. The molecule has 0 aromatic heterocycles. The summed E-state index contributed by atoms with van der Waals surface area (Å²) in [5.41, 5.74) is 1.97. The summed E-state index contributed by atoms with van der Waals surface area (Å²) in [7, 11) is -3.31. The molecule has 1 N–H and O–H groups in total. The minimum atomic E-state index is -3.31. The molecule has 4 nitrogen and oxygen atoms in total. The quantitative estimate of drug-likeness (QED) is 0.789. The molecule has 86 valence electrons. The Balaban J connectivity index is 2.47. The maximum atomic E-state index is 11.4. The number of aryl methyl sites for hydroxylation is 1. The molecule has 0 radical (unpaired) electrons.